The van der Waals surface area contributed by atoms with E-state index in [2.05, 4.69) is 9.68 Å². The highest BCUT2D eigenvalue weighted by Crippen LogP contribution is 1.98. The van der Waals surface area contributed by atoms with E-state index in [0.29, 0.717) is 5.56 Å². The van der Waals surface area contributed by atoms with Gasteiger partial charge < -0.3 is 9.42 Å². The second-order valence-corrected chi connectivity index (χ2v) is 2.11. The Kier molecular flexibility index (Phi) is 1.71. The first-order chi connectivity index (χ1) is 4.72. The number of rotatable bonds is 1. The quantitative estimate of drug-likeness (QED) is 0.566. The molecule has 0 fully saturated rings. The average molecular weight is 140 g/mol. The zero-order valence-electron chi connectivity index (χ0n) is 5.87. The number of carbonyl (C=O) groups excluding carboxylic acids is 1. The number of amides is 1. The molecule has 0 aromatic carbocycles. The van der Waals surface area contributed by atoms with Crippen LogP contribution in [0.2, 0.25) is 0 Å². The van der Waals surface area contributed by atoms with E-state index in [1.807, 2.05) is 0 Å². The van der Waals surface area contributed by atoms with Crippen molar-refractivity contribution in [1.82, 2.24) is 10.1 Å². The molecule has 4 nitrogen and oxygen atoms in total. The number of carbonyl (C=O) groups is 1. The molecule has 1 rings (SSSR count). The molecular formula is C6H8N2O2. The molecule has 0 atom stereocenters. The summed E-state index contributed by atoms with van der Waals surface area (Å²) in [6.45, 7) is 0. The van der Waals surface area contributed by atoms with Crippen LogP contribution in [0, 0.1) is 0 Å². The molecule has 0 aliphatic rings. The Morgan fingerprint density at radius 1 is 1.70 bits per heavy atom. The van der Waals surface area contributed by atoms with Gasteiger partial charge in [0.2, 0.25) is 0 Å². The van der Waals surface area contributed by atoms with Crippen molar-refractivity contribution in [1.29, 1.82) is 0 Å². The second kappa shape index (κ2) is 2.51. The van der Waals surface area contributed by atoms with Crippen molar-refractivity contribution >= 4 is 5.91 Å². The molecule has 0 N–H and O–H groups in total. The first kappa shape index (κ1) is 6.80. The largest absolute Gasteiger partial charge is 0.364 e. The lowest BCUT2D eigenvalue weighted by molar-refractivity contribution is 0.0827. The highest BCUT2D eigenvalue weighted by atomic mass is 16.5. The minimum Gasteiger partial charge on any atom is -0.364 e. The minimum atomic E-state index is -0.0961. The van der Waals surface area contributed by atoms with E-state index in [0.717, 1.165) is 0 Å². The number of nitrogens with zero attached hydrogens (tertiary/aromatic N) is 2. The Bertz CT molecular complexity index is 216. The number of hydrogen-bond acceptors (Lipinski definition) is 3. The van der Waals surface area contributed by atoms with Crippen molar-refractivity contribution in [2.75, 3.05) is 14.1 Å². The summed E-state index contributed by atoms with van der Waals surface area (Å²) >= 11 is 0. The SMILES string of the molecule is CN(C)C(=O)c1cnoc1. The Hall–Kier alpha value is -1.32. The number of hydrogen-bond donors (Lipinski definition) is 0. The normalized spacial score (nSPS) is 9.40. The van der Waals surface area contributed by atoms with Gasteiger partial charge in [-0.1, -0.05) is 5.16 Å². The Morgan fingerprint density at radius 3 is 2.80 bits per heavy atom. The first-order valence-corrected chi connectivity index (χ1v) is 2.83. The van der Waals surface area contributed by atoms with Gasteiger partial charge >= 0.3 is 0 Å². The molecule has 0 radical (unpaired) electrons. The third-order valence-corrected chi connectivity index (χ3v) is 1.09. The van der Waals surface area contributed by atoms with Crippen molar-refractivity contribution in [2.45, 2.75) is 0 Å². The molecule has 0 bridgehead atoms. The van der Waals surface area contributed by atoms with Gasteiger partial charge in [-0.15, -0.1) is 0 Å². The maximum Gasteiger partial charge on any atom is 0.258 e. The highest BCUT2D eigenvalue weighted by molar-refractivity contribution is 5.93. The molecule has 0 aliphatic heterocycles. The lowest BCUT2D eigenvalue weighted by Gasteiger charge is -2.05. The van der Waals surface area contributed by atoms with Gasteiger partial charge in [-0.2, -0.15) is 0 Å². The molecule has 1 amide bonds. The van der Waals surface area contributed by atoms with Crippen molar-refractivity contribution in [3.8, 4) is 0 Å². The molecule has 0 unspecified atom stereocenters. The van der Waals surface area contributed by atoms with E-state index in [1.54, 1.807) is 14.1 Å². The maximum atomic E-state index is 11.0. The third-order valence-electron chi connectivity index (χ3n) is 1.09. The third kappa shape index (κ3) is 1.15. The van der Waals surface area contributed by atoms with Gasteiger partial charge in [0, 0.05) is 14.1 Å². The number of aromatic nitrogens is 1. The molecule has 4 heteroatoms. The fourth-order valence-electron chi connectivity index (χ4n) is 0.569. The topological polar surface area (TPSA) is 46.3 Å². The Morgan fingerprint density at radius 2 is 2.40 bits per heavy atom. The summed E-state index contributed by atoms with van der Waals surface area (Å²) in [5.74, 6) is -0.0961. The maximum absolute atomic E-state index is 11.0. The van der Waals surface area contributed by atoms with E-state index < -0.39 is 0 Å². The zero-order chi connectivity index (χ0) is 7.56. The molecule has 1 aromatic heterocycles. The van der Waals surface area contributed by atoms with Crippen molar-refractivity contribution in [2.24, 2.45) is 0 Å². The highest BCUT2D eigenvalue weighted by Gasteiger charge is 2.08. The first-order valence-electron chi connectivity index (χ1n) is 2.83. The molecule has 0 spiro atoms. The standard InChI is InChI=1S/C6H8N2O2/c1-8(2)6(9)5-3-7-10-4-5/h3-4H,1-2H3. The van der Waals surface area contributed by atoms with Gasteiger partial charge in [-0.25, -0.2) is 0 Å². The van der Waals surface area contributed by atoms with Crippen LogP contribution in [-0.4, -0.2) is 30.1 Å². The molecule has 0 aliphatic carbocycles. The summed E-state index contributed by atoms with van der Waals surface area (Å²) in [6, 6.07) is 0. The fourth-order valence-corrected chi connectivity index (χ4v) is 0.569. The molecule has 10 heavy (non-hydrogen) atoms. The van der Waals surface area contributed by atoms with Gasteiger partial charge in [0.05, 0.1) is 11.8 Å². The molecule has 1 heterocycles. The summed E-state index contributed by atoms with van der Waals surface area (Å²) in [5.41, 5.74) is 0.477. The van der Waals surface area contributed by atoms with Crippen LogP contribution in [0.5, 0.6) is 0 Å². The van der Waals surface area contributed by atoms with E-state index in [4.69, 9.17) is 0 Å². The van der Waals surface area contributed by atoms with Crippen LogP contribution in [0.4, 0.5) is 0 Å². The molecule has 0 saturated carbocycles. The van der Waals surface area contributed by atoms with Crippen LogP contribution < -0.4 is 0 Å². The van der Waals surface area contributed by atoms with Crippen LogP contribution in [0.3, 0.4) is 0 Å². The summed E-state index contributed by atoms with van der Waals surface area (Å²) in [5, 5.41) is 3.40. The van der Waals surface area contributed by atoms with E-state index in [1.165, 1.54) is 17.4 Å². The van der Waals surface area contributed by atoms with Crippen molar-refractivity contribution in [3.05, 3.63) is 18.0 Å². The molecular weight excluding hydrogens is 132 g/mol. The second-order valence-electron chi connectivity index (χ2n) is 2.11. The molecule has 0 saturated heterocycles. The minimum absolute atomic E-state index is 0.0961. The van der Waals surface area contributed by atoms with E-state index in [9.17, 15) is 4.79 Å². The zero-order valence-corrected chi connectivity index (χ0v) is 5.87. The predicted molar refractivity (Wildman–Crippen MR) is 34.5 cm³/mol. The summed E-state index contributed by atoms with van der Waals surface area (Å²) in [4.78, 5) is 12.5. The summed E-state index contributed by atoms with van der Waals surface area (Å²) < 4.78 is 4.49. The van der Waals surface area contributed by atoms with Gasteiger partial charge in [-0.05, 0) is 0 Å². The Balaban J connectivity index is 2.78. The van der Waals surface area contributed by atoms with E-state index in [-0.39, 0.29) is 5.91 Å². The van der Waals surface area contributed by atoms with Crippen LogP contribution in [-0.2, 0) is 0 Å². The van der Waals surface area contributed by atoms with Crippen LogP contribution >= 0.6 is 0 Å². The van der Waals surface area contributed by atoms with Crippen LogP contribution in [0.15, 0.2) is 17.0 Å². The average Bonchev–Trinajstić information content (AvgIpc) is 2.36. The fraction of sp³-hybridized carbons (Fsp3) is 0.333. The van der Waals surface area contributed by atoms with Crippen molar-refractivity contribution < 1.29 is 9.32 Å². The summed E-state index contributed by atoms with van der Waals surface area (Å²) in [7, 11) is 3.35. The lowest BCUT2D eigenvalue weighted by Crippen LogP contribution is -2.20. The van der Waals surface area contributed by atoms with Crippen molar-refractivity contribution in [3.63, 3.8) is 0 Å². The summed E-state index contributed by atoms with van der Waals surface area (Å²) in [6.07, 6.45) is 2.71. The smallest absolute Gasteiger partial charge is 0.258 e. The molecule has 54 valence electrons. The van der Waals surface area contributed by atoms with Gasteiger partial charge in [-0.3, -0.25) is 4.79 Å². The van der Waals surface area contributed by atoms with Gasteiger partial charge in [0.15, 0.2) is 0 Å². The van der Waals surface area contributed by atoms with Gasteiger partial charge in [0.25, 0.3) is 5.91 Å². The monoisotopic (exact) mass is 140 g/mol. The Labute approximate surface area is 58.4 Å². The van der Waals surface area contributed by atoms with E-state index >= 15 is 0 Å². The lowest BCUT2D eigenvalue weighted by atomic mass is 10.3. The van der Waals surface area contributed by atoms with Crippen LogP contribution in [0.1, 0.15) is 10.4 Å². The molecule has 1 aromatic rings. The van der Waals surface area contributed by atoms with Crippen LogP contribution in [0.25, 0.3) is 0 Å². The van der Waals surface area contributed by atoms with Gasteiger partial charge in [0.1, 0.15) is 6.26 Å². The predicted octanol–water partition coefficient (Wildman–Crippen LogP) is 0.376.